The highest BCUT2D eigenvalue weighted by atomic mass is 16.5. The van der Waals surface area contributed by atoms with Gasteiger partial charge in [-0.15, -0.1) is 0 Å². The second kappa shape index (κ2) is 9.78. The van der Waals surface area contributed by atoms with E-state index in [2.05, 4.69) is 48.9 Å². The molecule has 3 amide bonds. The van der Waals surface area contributed by atoms with Gasteiger partial charge in [0.1, 0.15) is 5.75 Å². The highest BCUT2D eigenvalue weighted by Gasteiger charge is 2.12. The minimum atomic E-state index is -0.276. The molecule has 0 atom stereocenters. The third-order valence-electron chi connectivity index (χ3n) is 4.06. The van der Waals surface area contributed by atoms with Crippen molar-refractivity contribution in [3.05, 3.63) is 54.1 Å². The molecule has 2 aromatic rings. The van der Waals surface area contributed by atoms with Gasteiger partial charge in [0.2, 0.25) is 5.91 Å². The van der Waals surface area contributed by atoms with Crippen LogP contribution in [0.1, 0.15) is 39.7 Å². The third-order valence-corrected chi connectivity index (χ3v) is 4.06. The van der Waals surface area contributed by atoms with E-state index >= 15 is 0 Å². The molecule has 0 fully saturated rings. The predicted molar refractivity (Wildman–Crippen MR) is 113 cm³/mol. The van der Waals surface area contributed by atoms with Gasteiger partial charge >= 0.3 is 6.03 Å². The van der Waals surface area contributed by atoms with Crippen LogP contribution in [0.5, 0.6) is 5.75 Å². The van der Waals surface area contributed by atoms with Gasteiger partial charge in [0.05, 0.1) is 6.61 Å². The Morgan fingerprint density at radius 2 is 1.46 bits per heavy atom. The Bertz CT molecular complexity index is 778. The van der Waals surface area contributed by atoms with Crippen molar-refractivity contribution < 1.29 is 14.3 Å². The number of carbonyl (C=O) groups excluding carboxylic acids is 2. The number of benzene rings is 2. The first-order valence-corrected chi connectivity index (χ1v) is 9.40. The highest BCUT2D eigenvalue weighted by molar-refractivity contribution is 5.91. The van der Waals surface area contributed by atoms with Crippen LogP contribution in [-0.2, 0) is 10.2 Å². The van der Waals surface area contributed by atoms with Crippen molar-refractivity contribution in [2.24, 2.45) is 0 Å². The molecular weight excluding hydrogens is 354 g/mol. The molecule has 28 heavy (non-hydrogen) atoms. The molecular formula is C22H29N3O3. The number of anilines is 2. The van der Waals surface area contributed by atoms with Crippen LogP contribution in [0.4, 0.5) is 16.2 Å². The summed E-state index contributed by atoms with van der Waals surface area (Å²) in [5.41, 5.74) is 2.73. The highest BCUT2D eigenvalue weighted by Crippen LogP contribution is 2.24. The smallest absolute Gasteiger partial charge is 0.319 e. The first-order chi connectivity index (χ1) is 13.2. The normalized spacial score (nSPS) is 10.9. The number of nitrogens with one attached hydrogen (secondary N) is 3. The molecule has 150 valence electrons. The SMILES string of the molecule is CC(=O)Nc1ccc(NC(=O)NCCCOc2ccc(C(C)(C)C)cc2)cc1. The van der Waals surface area contributed by atoms with E-state index in [0.29, 0.717) is 30.9 Å². The third kappa shape index (κ3) is 7.31. The van der Waals surface area contributed by atoms with Gasteiger partial charge in [-0.3, -0.25) is 4.79 Å². The molecule has 0 saturated heterocycles. The molecule has 3 N–H and O–H groups in total. The monoisotopic (exact) mass is 383 g/mol. The van der Waals surface area contributed by atoms with E-state index < -0.39 is 0 Å². The van der Waals surface area contributed by atoms with Gasteiger partial charge in [-0.1, -0.05) is 32.9 Å². The second-order valence-corrected chi connectivity index (χ2v) is 7.62. The summed E-state index contributed by atoms with van der Waals surface area (Å²) >= 11 is 0. The molecule has 2 aromatic carbocycles. The molecule has 6 heteroatoms. The summed E-state index contributed by atoms with van der Waals surface area (Å²) in [6, 6.07) is 14.8. The Morgan fingerprint density at radius 1 is 0.893 bits per heavy atom. The van der Waals surface area contributed by atoms with Crippen molar-refractivity contribution in [2.45, 2.75) is 39.5 Å². The van der Waals surface area contributed by atoms with Gasteiger partial charge in [0.15, 0.2) is 0 Å². The zero-order valence-electron chi connectivity index (χ0n) is 17.0. The Morgan fingerprint density at radius 3 is 2.00 bits per heavy atom. The number of ether oxygens (including phenoxy) is 1. The molecule has 0 unspecified atom stereocenters. The fraction of sp³-hybridized carbons (Fsp3) is 0.364. The van der Waals surface area contributed by atoms with Crippen molar-refractivity contribution in [2.75, 3.05) is 23.8 Å². The van der Waals surface area contributed by atoms with Crippen molar-refractivity contribution in [3.8, 4) is 5.75 Å². The summed E-state index contributed by atoms with van der Waals surface area (Å²) < 4.78 is 5.71. The minimum absolute atomic E-state index is 0.125. The van der Waals surface area contributed by atoms with Crippen molar-refractivity contribution in [3.63, 3.8) is 0 Å². The van der Waals surface area contributed by atoms with E-state index in [-0.39, 0.29) is 17.4 Å². The van der Waals surface area contributed by atoms with E-state index in [1.165, 1.54) is 12.5 Å². The summed E-state index contributed by atoms with van der Waals surface area (Å²) in [4.78, 5) is 22.9. The molecule has 0 aliphatic carbocycles. The average molecular weight is 383 g/mol. The molecule has 0 aliphatic heterocycles. The maximum absolute atomic E-state index is 11.9. The molecule has 0 saturated carbocycles. The van der Waals surface area contributed by atoms with Crippen LogP contribution in [-0.4, -0.2) is 25.1 Å². The van der Waals surface area contributed by atoms with Crippen LogP contribution in [0, 0.1) is 0 Å². The molecule has 2 rings (SSSR count). The minimum Gasteiger partial charge on any atom is -0.494 e. The number of hydrogen-bond acceptors (Lipinski definition) is 3. The van der Waals surface area contributed by atoms with Crippen LogP contribution in [0.25, 0.3) is 0 Å². The fourth-order valence-corrected chi connectivity index (χ4v) is 2.53. The summed E-state index contributed by atoms with van der Waals surface area (Å²) in [6.07, 6.45) is 0.704. The van der Waals surface area contributed by atoms with Crippen LogP contribution in [0.3, 0.4) is 0 Å². The van der Waals surface area contributed by atoms with Crippen LogP contribution >= 0.6 is 0 Å². The van der Waals surface area contributed by atoms with Crippen LogP contribution < -0.4 is 20.7 Å². The Kier molecular flexibility index (Phi) is 7.44. The number of urea groups is 1. The van der Waals surface area contributed by atoms with Gasteiger partial charge in [-0.2, -0.15) is 0 Å². The molecule has 0 bridgehead atoms. The lowest BCUT2D eigenvalue weighted by molar-refractivity contribution is -0.114. The first kappa shape index (κ1) is 21.3. The Hall–Kier alpha value is -3.02. The Labute approximate surface area is 166 Å². The van der Waals surface area contributed by atoms with E-state index in [1.807, 2.05) is 12.1 Å². The van der Waals surface area contributed by atoms with Gasteiger partial charge in [-0.25, -0.2) is 4.79 Å². The quantitative estimate of drug-likeness (QED) is 0.615. The van der Waals surface area contributed by atoms with Gasteiger partial charge in [0.25, 0.3) is 0 Å². The molecule has 0 heterocycles. The van der Waals surface area contributed by atoms with Crippen molar-refractivity contribution in [1.29, 1.82) is 0 Å². The predicted octanol–water partition coefficient (Wildman–Crippen LogP) is 4.53. The largest absolute Gasteiger partial charge is 0.494 e. The average Bonchev–Trinajstić information content (AvgIpc) is 2.62. The topological polar surface area (TPSA) is 79.5 Å². The number of rotatable bonds is 7. The van der Waals surface area contributed by atoms with Gasteiger partial charge in [0, 0.05) is 24.8 Å². The van der Waals surface area contributed by atoms with Crippen molar-refractivity contribution >= 4 is 23.3 Å². The summed E-state index contributed by atoms with van der Waals surface area (Å²) in [7, 11) is 0. The van der Waals surface area contributed by atoms with Gasteiger partial charge < -0.3 is 20.7 Å². The van der Waals surface area contributed by atoms with Crippen molar-refractivity contribution in [1.82, 2.24) is 5.32 Å². The molecule has 0 aromatic heterocycles. The van der Waals surface area contributed by atoms with E-state index in [4.69, 9.17) is 4.74 Å². The molecule has 0 spiro atoms. The van der Waals surface area contributed by atoms with E-state index in [9.17, 15) is 9.59 Å². The van der Waals surface area contributed by atoms with E-state index in [1.54, 1.807) is 24.3 Å². The standard InChI is InChI=1S/C22H29N3O3/c1-16(26)24-18-8-10-19(11-9-18)25-21(27)23-14-5-15-28-20-12-6-17(7-13-20)22(2,3)4/h6-13H,5,14-15H2,1-4H3,(H,24,26)(H2,23,25,27). The maximum atomic E-state index is 11.9. The maximum Gasteiger partial charge on any atom is 0.319 e. The lowest BCUT2D eigenvalue weighted by Crippen LogP contribution is -2.30. The summed E-state index contributed by atoms with van der Waals surface area (Å²) in [5, 5.41) is 8.22. The molecule has 0 radical (unpaired) electrons. The second-order valence-electron chi connectivity index (χ2n) is 7.62. The van der Waals surface area contributed by atoms with E-state index in [0.717, 1.165) is 5.75 Å². The number of carbonyl (C=O) groups is 2. The van der Waals surface area contributed by atoms with Crippen LogP contribution in [0.15, 0.2) is 48.5 Å². The summed E-state index contributed by atoms with van der Waals surface area (Å²) in [5.74, 6) is 0.697. The molecule has 0 aliphatic rings. The zero-order chi connectivity index (χ0) is 20.6. The number of amides is 3. The number of hydrogen-bond donors (Lipinski definition) is 3. The fourth-order valence-electron chi connectivity index (χ4n) is 2.53. The van der Waals surface area contributed by atoms with Gasteiger partial charge in [-0.05, 0) is 53.8 Å². The zero-order valence-corrected chi connectivity index (χ0v) is 17.0. The lowest BCUT2D eigenvalue weighted by atomic mass is 9.87. The van der Waals surface area contributed by atoms with Crippen LogP contribution in [0.2, 0.25) is 0 Å². The summed E-state index contributed by atoms with van der Waals surface area (Å²) in [6.45, 7) is 9.02. The lowest BCUT2D eigenvalue weighted by Gasteiger charge is -2.19. The first-order valence-electron chi connectivity index (χ1n) is 9.40. The molecule has 6 nitrogen and oxygen atoms in total. The Balaban J connectivity index is 1.65.